The van der Waals surface area contributed by atoms with Crippen LogP contribution in [0.2, 0.25) is 0 Å². The van der Waals surface area contributed by atoms with Crippen molar-refractivity contribution in [2.75, 3.05) is 27.2 Å². The van der Waals surface area contributed by atoms with Crippen molar-refractivity contribution < 1.29 is 9.59 Å². The van der Waals surface area contributed by atoms with Crippen LogP contribution >= 0.6 is 0 Å². The Hall–Kier alpha value is -1.10. The average Bonchev–Trinajstić information content (AvgIpc) is 2.15. The van der Waals surface area contributed by atoms with Crippen LogP contribution in [0.4, 0.5) is 0 Å². The van der Waals surface area contributed by atoms with Crippen molar-refractivity contribution in [2.24, 2.45) is 11.7 Å². The van der Waals surface area contributed by atoms with E-state index in [9.17, 15) is 9.59 Å². The maximum Gasteiger partial charge on any atom is 0.224 e. The minimum Gasteiger partial charge on any atom is -0.355 e. The second kappa shape index (κ2) is 6.37. The summed E-state index contributed by atoms with van der Waals surface area (Å²) in [5, 5.41) is 2.65. The molecule has 0 rings (SSSR count). The first-order valence-electron chi connectivity index (χ1n) is 4.67. The second-order valence-corrected chi connectivity index (χ2v) is 3.47. The topological polar surface area (TPSA) is 75.4 Å². The normalized spacial score (nSPS) is 12.0. The lowest BCUT2D eigenvalue weighted by atomic mass is 10.2. The number of nitrogens with zero attached hydrogens (tertiary/aromatic N) is 1. The second-order valence-electron chi connectivity index (χ2n) is 3.47. The highest BCUT2D eigenvalue weighted by Crippen LogP contribution is 1.91. The molecule has 5 heteroatoms. The van der Waals surface area contributed by atoms with Gasteiger partial charge in [0.25, 0.3) is 0 Å². The van der Waals surface area contributed by atoms with Crippen LogP contribution in [0.25, 0.3) is 0 Å². The maximum atomic E-state index is 11.2. The van der Waals surface area contributed by atoms with Gasteiger partial charge >= 0.3 is 0 Å². The standard InChI is InChI=1S/C9H19N3O2/c1-7(6-10)9(14)11-5-4-8(13)12(2)3/h7H,4-6,10H2,1-3H3,(H,11,14). The molecule has 0 saturated heterocycles. The van der Waals surface area contributed by atoms with Gasteiger partial charge in [-0.15, -0.1) is 0 Å². The fourth-order valence-electron chi connectivity index (χ4n) is 0.798. The van der Waals surface area contributed by atoms with E-state index in [1.54, 1.807) is 21.0 Å². The predicted octanol–water partition coefficient (Wildman–Crippen LogP) is -0.824. The van der Waals surface area contributed by atoms with Crippen molar-refractivity contribution in [3.63, 3.8) is 0 Å². The van der Waals surface area contributed by atoms with Gasteiger partial charge < -0.3 is 16.0 Å². The Kier molecular flexibility index (Phi) is 5.87. The number of nitrogens with two attached hydrogens (primary N) is 1. The molecule has 14 heavy (non-hydrogen) atoms. The molecule has 0 aliphatic heterocycles. The van der Waals surface area contributed by atoms with Gasteiger partial charge in [0.2, 0.25) is 11.8 Å². The van der Waals surface area contributed by atoms with Crippen LogP contribution in [0.15, 0.2) is 0 Å². The van der Waals surface area contributed by atoms with E-state index in [1.165, 1.54) is 4.90 Å². The van der Waals surface area contributed by atoms with E-state index in [1.807, 2.05) is 0 Å². The van der Waals surface area contributed by atoms with E-state index in [-0.39, 0.29) is 17.7 Å². The maximum absolute atomic E-state index is 11.2. The molecule has 0 saturated carbocycles. The summed E-state index contributed by atoms with van der Waals surface area (Å²) < 4.78 is 0. The van der Waals surface area contributed by atoms with Gasteiger partial charge in [-0.1, -0.05) is 6.92 Å². The minimum absolute atomic E-state index is 0.00528. The molecule has 82 valence electrons. The van der Waals surface area contributed by atoms with Gasteiger partial charge in [-0.3, -0.25) is 9.59 Å². The number of amides is 2. The van der Waals surface area contributed by atoms with Gasteiger partial charge in [0, 0.05) is 39.5 Å². The predicted molar refractivity (Wildman–Crippen MR) is 54.5 cm³/mol. The van der Waals surface area contributed by atoms with E-state index >= 15 is 0 Å². The van der Waals surface area contributed by atoms with Gasteiger partial charge in [-0.2, -0.15) is 0 Å². The van der Waals surface area contributed by atoms with Crippen LogP contribution in [0, 0.1) is 5.92 Å². The smallest absolute Gasteiger partial charge is 0.224 e. The fourth-order valence-corrected chi connectivity index (χ4v) is 0.798. The van der Waals surface area contributed by atoms with E-state index in [0.29, 0.717) is 19.5 Å². The van der Waals surface area contributed by atoms with E-state index < -0.39 is 0 Å². The Bertz CT molecular complexity index is 204. The highest BCUT2D eigenvalue weighted by Gasteiger charge is 2.10. The van der Waals surface area contributed by atoms with Gasteiger partial charge in [0.1, 0.15) is 0 Å². The summed E-state index contributed by atoms with van der Waals surface area (Å²) in [7, 11) is 3.37. The molecule has 1 atom stereocenters. The molecule has 0 aliphatic rings. The summed E-state index contributed by atoms with van der Waals surface area (Å²) in [6, 6.07) is 0. The fraction of sp³-hybridized carbons (Fsp3) is 0.778. The minimum atomic E-state index is -0.190. The number of nitrogens with one attached hydrogen (secondary N) is 1. The molecule has 2 amide bonds. The third-order valence-electron chi connectivity index (χ3n) is 1.94. The molecule has 5 nitrogen and oxygen atoms in total. The molecular weight excluding hydrogens is 182 g/mol. The zero-order valence-corrected chi connectivity index (χ0v) is 9.04. The zero-order chi connectivity index (χ0) is 11.1. The molecule has 0 heterocycles. The Morgan fingerprint density at radius 1 is 1.43 bits per heavy atom. The Morgan fingerprint density at radius 3 is 2.43 bits per heavy atom. The third-order valence-corrected chi connectivity index (χ3v) is 1.94. The number of carbonyl (C=O) groups excluding carboxylic acids is 2. The van der Waals surface area contributed by atoms with Crippen LogP contribution in [-0.4, -0.2) is 43.9 Å². The monoisotopic (exact) mass is 201 g/mol. The lowest BCUT2D eigenvalue weighted by Gasteiger charge is -2.12. The summed E-state index contributed by atoms with van der Waals surface area (Å²) in [5.74, 6) is -0.283. The van der Waals surface area contributed by atoms with Crippen LogP contribution < -0.4 is 11.1 Å². The number of hydrogen-bond donors (Lipinski definition) is 2. The Labute approximate surface area is 84.6 Å². The molecule has 0 aromatic rings. The lowest BCUT2D eigenvalue weighted by Crippen LogP contribution is -2.35. The molecule has 0 aliphatic carbocycles. The summed E-state index contributed by atoms with van der Waals surface area (Å²) >= 11 is 0. The van der Waals surface area contributed by atoms with Gasteiger partial charge in [0.15, 0.2) is 0 Å². The quantitative estimate of drug-likeness (QED) is 0.610. The Morgan fingerprint density at radius 2 is 2.00 bits per heavy atom. The van der Waals surface area contributed by atoms with Crippen LogP contribution in [-0.2, 0) is 9.59 Å². The first-order chi connectivity index (χ1) is 6.49. The number of hydrogen-bond acceptors (Lipinski definition) is 3. The first kappa shape index (κ1) is 12.9. The van der Waals surface area contributed by atoms with E-state index in [0.717, 1.165) is 0 Å². The van der Waals surface area contributed by atoms with Crippen LogP contribution in [0.3, 0.4) is 0 Å². The summed E-state index contributed by atoms with van der Waals surface area (Å²) in [6.45, 7) is 2.46. The van der Waals surface area contributed by atoms with Gasteiger partial charge in [0.05, 0.1) is 0 Å². The molecule has 3 N–H and O–H groups in total. The molecule has 0 aromatic carbocycles. The van der Waals surface area contributed by atoms with Crippen molar-refractivity contribution in [2.45, 2.75) is 13.3 Å². The van der Waals surface area contributed by atoms with Gasteiger partial charge in [-0.25, -0.2) is 0 Å². The average molecular weight is 201 g/mol. The highest BCUT2D eigenvalue weighted by atomic mass is 16.2. The number of rotatable bonds is 5. The largest absolute Gasteiger partial charge is 0.355 e. The van der Waals surface area contributed by atoms with E-state index in [2.05, 4.69) is 5.32 Å². The molecule has 0 spiro atoms. The zero-order valence-electron chi connectivity index (χ0n) is 9.04. The molecule has 0 radical (unpaired) electrons. The third kappa shape index (κ3) is 4.81. The summed E-state index contributed by atoms with van der Waals surface area (Å²) in [6.07, 6.45) is 0.329. The lowest BCUT2D eigenvalue weighted by molar-refractivity contribution is -0.129. The molecular formula is C9H19N3O2. The number of carbonyl (C=O) groups is 2. The Balaban J connectivity index is 3.64. The van der Waals surface area contributed by atoms with Crippen LogP contribution in [0.1, 0.15) is 13.3 Å². The van der Waals surface area contributed by atoms with Crippen molar-refractivity contribution in [3.05, 3.63) is 0 Å². The molecule has 0 aromatic heterocycles. The first-order valence-corrected chi connectivity index (χ1v) is 4.67. The summed E-state index contributed by atoms with van der Waals surface area (Å²) in [5.41, 5.74) is 5.32. The van der Waals surface area contributed by atoms with Gasteiger partial charge in [-0.05, 0) is 0 Å². The molecule has 0 fully saturated rings. The van der Waals surface area contributed by atoms with Crippen LogP contribution in [0.5, 0.6) is 0 Å². The molecule has 1 unspecified atom stereocenters. The highest BCUT2D eigenvalue weighted by molar-refractivity contribution is 5.80. The van der Waals surface area contributed by atoms with Crippen molar-refractivity contribution in [1.29, 1.82) is 0 Å². The SMILES string of the molecule is CC(CN)C(=O)NCCC(=O)N(C)C. The van der Waals surface area contributed by atoms with E-state index in [4.69, 9.17) is 5.73 Å². The van der Waals surface area contributed by atoms with Crippen molar-refractivity contribution in [3.8, 4) is 0 Å². The van der Waals surface area contributed by atoms with Crippen molar-refractivity contribution >= 4 is 11.8 Å². The summed E-state index contributed by atoms with van der Waals surface area (Å²) in [4.78, 5) is 23.8. The van der Waals surface area contributed by atoms with Crippen molar-refractivity contribution in [1.82, 2.24) is 10.2 Å². The molecule has 0 bridgehead atoms.